The highest BCUT2D eigenvalue weighted by Gasteiger charge is 2.31. The third kappa shape index (κ3) is 4.53. The second kappa shape index (κ2) is 8.92. The van der Waals surface area contributed by atoms with Crippen molar-refractivity contribution in [3.63, 3.8) is 0 Å². The van der Waals surface area contributed by atoms with Crippen LogP contribution in [0.25, 0.3) is 0 Å². The molecule has 1 aliphatic heterocycles. The van der Waals surface area contributed by atoms with E-state index in [-0.39, 0.29) is 18.4 Å². The number of hydrogen-bond donors (Lipinski definition) is 2. The molecule has 3 aromatic rings. The van der Waals surface area contributed by atoms with Crippen LogP contribution in [-0.4, -0.2) is 23.9 Å². The third-order valence-electron chi connectivity index (χ3n) is 5.51. The van der Waals surface area contributed by atoms with Gasteiger partial charge < -0.3 is 20.7 Å². The molecule has 1 aliphatic rings. The molecule has 0 fully saturated rings. The van der Waals surface area contributed by atoms with Crippen LogP contribution in [0, 0.1) is 6.92 Å². The Morgan fingerprint density at radius 2 is 1.77 bits per heavy atom. The molecule has 1 unspecified atom stereocenters. The number of nitrogens with one attached hydrogen (secondary N) is 1. The van der Waals surface area contributed by atoms with Crippen LogP contribution in [0.15, 0.2) is 77.8 Å². The molecule has 31 heavy (non-hydrogen) atoms. The molecular formula is C25H26N4O2. The molecule has 1 amide bonds. The molecule has 0 bridgehead atoms. The van der Waals surface area contributed by atoms with E-state index in [1.807, 2.05) is 60.7 Å². The monoisotopic (exact) mass is 414 g/mol. The quantitative estimate of drug-likeness (QED) is 0.621. The number of methoxy groups -OCH3 is 1. The van der Waals surface area contributed by atoms with Gasteiger partial charge in [0.05, 0.1) is 25.3 Å². The number of anilines is 1. The number of hydrogen-bond acceptors (Lipinski definition) is 5. The first kappa shape index (κ1) is 20.5. The highest BCUT2D eigenvalue weighted by molar-refractivity contribution is 5.97. The van der Waals surface area contributed by atoms with Crippen LogP contribution in [0.5, 0.6) is 5.75 Å². The van der Waals surface area contributed by atoms with Crippen LogP contribution in [0.2, 0.25) is 0 Å². The summed E-state index contributed by atoms with van der Waals surface area (Å²) in [5, 5.41) is 3.43. The van der Waals surface area contributed by atoms with Crippen LogP contribution in [0.1, 0.15) is 29.2 Å². The average Bonchev–Trinajstić information content (AvgIpc) is 2.77. The minimum absolute atomic E-state index is 0.201. The van der Waals surface area contributed by atoms with Gasteiger partial charge in [-0.05, 0) is 48.4 Å². The molecule has 0 saturated carbocycles. The van der Waals surface area contributed by atoms with E-state index in [1.165, 1.54) is 11.1 Å². The summed E-state index contributed by atoms with van der Waals surface area (Å²) in [7, 11) is 1.64. The Kier molecular flexibility index (Phi) is 5.89. The number of carbonyl (C=O) groups is 1. The van der Waals surface area contributed by atoms with Crippen LogP contribution in [0.4, 0.5) is 11.4 Å². The fourth-order valence-electron chi connectivity index (χ4n) is 3.83. The second-order valence-corrected chi connectivity index (χ2v) is 7.59. The molecule has 6 nitrogen and oxygen atoms in total. The van der Waals surface area contributed by atoms with Crippen molar-refractivity contribution in [2.24, 2.45) is 10.7 Å². The van der Waals surface area contributed by atoms with Crippen LogP contribution >= 0.6 is 0 Å². The van der Waals surface area contributed by atoms with Gasteiger partial charge in [-0.2, -0.15) is 0 Å². The molecule has 3 N–H and O–H groups in total. The van der Waals surface area contributed by atoms with Gasteiger partial charge in [-0.1, -0.05) is 42.5 Å². The lowest BCUT2D eigenvalue weighted by Crippen LogP contribution is -2.42. The number of aliphatic imine (C=N–C) groups is 1. The molecule has 0 radical (unpaired) electrons. The van der Waals surface area contributed by atoms with Gasteiger partial charge >= 0.3 is 0 Å². The second-order valence-electron chi connectivity index (χ2n) is 7.59. The Morgan fingerprint density at radius 3 is 2.48 bits per heavy atom. The summed E-state index contributed by atoms with van der Waals surface area (Å²) in [5.74, 6) is 1.11. The van der Waals surface area contributed by atoms with Crippen LogP contribution < -0.4 is 15.8 Å². The van der Waals surface area contributed by atoms with E-state index in [0.29, 0.717) is 12.5 Å². The molecule has 4 rings (SSSR count). The van der Waals surface area contributed by atoms with Gasteiger partial charge in [0, 0.05) is 17.8 Å². The van der Waals surface area contributed by atoms with Crippen molar-refractivity contribution < 1.29 is 9.53 Å². The zero-order valence-corrected chi connectivity index (χ0v) is 17.7. The maximum absolute atomic E-state index is 12.0. The number of nitrogens with two attached hydrogens (primary N) is 1. The zero-order chi connectivity index (χ0) is 21.8. The number of aryl methyl sites for hydroxylation is 1. The number of nitrogens with zero attached hydrogens (tertiary/aromatic N) is 2. The van der Waals surface area contributed by atoms with Gasteiger partial charge in [0.2, 0.25) is 11.9 Å². The van der Waals surface area contributed by atoms with Crippen molar-refractivity contribution in [2.45, 2.75) is 25.9 Å². The van der Waals surface area contributed by atoms with E-state index >= 15 is 0 Å². The Bertz CT molecular complexity index is 1110. The normalized spacial score (nSPS) is 15.1. The van der Waals surface area contributed by atoms with Crippen molar-refractivity contribution in [1.82, 2.24) is 4.90 Å². The predicted octanol–water partition coefficient (Wildman–Crippen LogP) is 4.54. The summed E-state index contributed by atoms with van der Waals surface area (Å²) < 4.78 is 5.26. The maximum Gasteiger partial charge on any atom is 0.219 e. The minimum Gasteiger partial charge on any atom is -0.497 e. The first-order valence-electron chi connectivity index (χ1n) is 10.2. The molecule has 0 aromatic heterocycles. The van der Waals surface area contributed by atoms with Gasteiger partial charge in [-0.15, -0.1) is 0 Å². The van der Waals surface area contributed by atoms with Gasteiger partial charge in [0.1, 0.15) is 5.75 Å². The number of benzene rings is 3. The van der Waals surface area contributed by atoms with Gasteiger partial charge in [0.25, 0.3) is 0 Å². The largest absolute Gasteiger partial charge is 0.497 e. The van der Waals surface area contributed by atoms with E-state index < -0.39 is 0 Å². The SMILES string of the molecule is COc1ccc(NC2=Nc3ccccc3C(CC(N)=O)N2Cc2ccccc2C)cc1. The Balaban J connectivity index is 1.76. The molecule has 0 spiro atoms. The number of amides is 1. The average molecular weight is 415 g/mol. The number of guanidine groups is 1. The number of fused-ring (bicyclic) bond motifs is 1. The van der Waals surface area contributed by atoms with Gasteiger partial charge in [-0.25, -0.2) is 4.99 Å². The van der Waals surface area contributed by atoms with E-state index in [9.17, 15) is 4.79 Å². The van der Waals surface area contributed by atoms with E-state index in [4.69, 9.17) is 15.5 Å². The fourth-order valence-corrected chi connectivity index (χ4v) is 3.83. The standard InChI is InChI=1S/C25H26N4O2/c1-17-7-3-4-8-18(17)16-29-23(15-24(26)30)21-9-5-6-10-22(21)28-25(29)27-19-11-13-20(31-2)14-12-19/h3-14,23H,15-16H2,1-2H3,(H2,26,30)(H,27,28). The zero-order valence-electron chi connectivity index (χ0n) is 17.7. The molecular weight excluding hydrogens is 388 g/mol. The summed E-state index contributed by atoms with van der Waals surface area (Å²) in [6.45, 7) is 2.69. The van der Waals surface area contributed by atoms with Crippen molar-refractivity contribution in [2.75, 3.05) is 12.4 Å². The number of para-hydroxylation sites is 1. The number of carbonyl (C=O) groups excluding carboxylic acids is 1. The summed E-state index contributed by atoms with van der Waals surface area (Å²) in [4.78, 5) is 19.0. The third-order valence-corrected chi connectivity index (χ3v) is 5.51. The lowest BCUT2D eigenvalue weighted by atomic mass is 9.97. The van der Waals surface area contributed by atoms with E-state index in [0.717, 1.165) is 22.7 Å². The fraction of sp³-hybridized carbons (Fsp3) is 0.200. The topological polar surface area (TPSA) is 80.0 Å². The Labute approximate surface area is 182 Å². The number of rotatable bonds is 6. The summed E-state index contributed by atoms with van der Waals surface area (Å²) >= 11 is 0. The van der Waals surface area contributed by atoms with E-state index in [1.54, 1.807) is 7.11 Å². The predicted molar refractivity (Wildman–Crippen MR) is 123 cm³/mol. The highest BCUT2D eigenvalue weighted by Crippen LogP contribution is 2.38. The van der Waals surface area contributed by atoms with Crippen LogP contribution in [0.3, 0.4) is 0 Å². The molecule has 0 saturated heterocycles. The Morgan fingerprint density at radius 1 is 1.06 bits per heavy atom. The Hall–Kier alpha value is -3.80. The van der Waals surface area contributed by atoms with Crippen molar-refractivity contribution in [1.29, 1.82) is 0 Å². The molecule has 3 aromatic carbocycles. The first-order valence-corrected chi connectivity index (χ1v) is 10.2. The maximum atomic E-state index is 12.0. The van der Waals surface area contributed by atoms with Crippen molar-refractivity contribution >= 4 is 23.2 Å². The first-order chi connectivity index (χ1) is 15.0. The lowest BCUT2D eigenvalue weighted by molar-refractivity contribution is -0.119. The smallest absolute Gasteiger partial charge is 0.219 e. The van der Waals surface area contributed by atoms with Crippen molar-refractivity contribution in [3.8, 4) is 5.75 Å². The highest BCUT2D eigenvalue weighted by atomic mass is 16.5. The summed E-state index contributed by atoms with van der Waals surface area (Å²) in [6, 6.07) is 23.6. The van der Waals surface area contributed by atoms with Crippen molar-refractivity contribution in [3.05, 3.63) is 89.5 Å². The van der Waals surface area contributed by atoms with E-state index in [2.05, 4.69) is 29.3 Å². The number of primary amides is 1. The molecule has 6 heteroatoms. The number of ether oxygens (including phenoxy) is 1. The van der Waals surface area contributed by atoms with Crippen LogP contribution in [-0.2, 0) is 11.3 Å². The lowest BCUT2D eigenvalue weighted by Gasteiger charge is -2.38. The molecule has 0 aliphatic carbocycles. The van der Waals surface area contributed by atoms with Gasteiger partial charge in [0.15, 0.2) is 0 Å². The van der Waals surface area contributed by atoms with Gasteiger partial charge in [-0.3, -0.25) is 4.79 Å². The summed E-state index contributed by atoms with van der Waals surface area (Å²) in [6.07, 6.45) is 0.201. The summed E-state index contributed by atoms with van der Waals surface area (Å²) in [5.41, 5.74) is 10.7. The molecule has 1 heterocycles. The molecule has 1 atom stereocenters. The minimum atomic E-state index is -0.347. The molecule has 158 valence electrons.